The number of nitriles is 1. The van der Waals surface area contributed by atoms with Crippen LogP contribution in [0.1, 0.15) is 61.3 Å². The van der Waals surface area contributed by atoms with Crippen LogP contribution < -0.4 is 4.74 Å². The number of thiophene rings is 1. The van der Waals surface area contributed by atoms with Crippen molar-refractivity contribution in [3.63, 3.8) is 0 Å². The fraction of sp³-hybridized carbons (Fsp3) is 0.667. The molecule has 0 radical (unpaired) electrons. The van der Waals surface area contributed by atoms with E-state index in [1.807, 2.05) is 12.3 Å². The summed E-state index contributed by atoms with van der Waals surface area (Å²) < 4.78 is 12.2. The number of morpholine rings is 1. The Labute approximate surface area is 187 Å². The first-order valence-corrected chi connectivity index (χ1v) is 12.4. The first kappa shape index (κ1) is 21.1. The molecule has 1 atom stereocenters. The van der Waals surface area contributed by atoms with Gasteiger partial charge in [0, 0.05) is 36.3 Å². The van der Waals surface area contributed by atoms with Crippen LogP contribution in [0.3, 0.4) is 0 Å². The molecule has 2 aromatic rings. The average molecular weight is 442 g/mol. The number of fused-ring (bicyclic) bond motifs is 3. The van der Waals surface area contributed by atoms with Crippen molar-refractivity contribution in [2.45, 2.75) is 68.9 Å². The standard InChI is InChI=1S/C24H31N3O3S/c25-10-9-24(27-12-15-29-16-13-27)7-3-18(4-8-24)30-19-5-11-26-23-22(19)21-17(6-14-28)1-2-20(21)31-23/h5,11,17-18,28H,1-4,6-9,12-16H2/t17-,18-,24-/m1/s1. The second kappa shape index (κ2) is 9.03. The lowest BCUT2D eigenvalue weighted by Gasteiger charge is -2.48. The molecule has 31 heavy (non-hydrogen) atoms. The van der Waals surface area contributed by atoms with Crippen LogP contribution >= 0.6 is 11.3 Å². The summed E-state index contributed by atoms with van der Waals surface area (Å²) in [5.41, 5.74) is 1.35. The predicted molar refractivity (Wildman–Crippen MR) is 121 cm³/mol. The van der Waals surface area contributed by atoms with E-state index in [0.29, 0.717) is 12.3 Å². The average Bonchev–Trinajstić information content (AvgIpc) is 3.36. The van der Waals surface area contributed by atoms with Gasteiger partial charge < -0.3 is 14.6 Å². The normalized spacial score (nSPS) is 29.0. The number of nitrogens with zero attached hydrogens (tertiary/aromatic N) is 3. The van der Waals surface area contributed by atoms with E-state index in [1.165, 1.54) is 15.8 Å². The molecule has 5 rings (SSSR count). The summed E-state index contributed by atoms with van der Waals surface area (Å²) in [6.45, 7) is 3.60. The molecule has 0 bridgehead atoms. The van der Waals surface area contributed by atoms with Crippen LogP contribution in [0.25, 0.3) is 10.2 Å². The highest BCUT2D eigenvalue weighted by atomic mass is 32.1. The van der Waals surface area contributed by atoms with E-state index in [4.69, 9.17) is 9.47 Å². The van der Waals surface area contributed by atoms with Crippen molar-refractivity contribution >= 4 is 21.6 Å². The van der Waals surface area contributed by atoms with E-state index < -0.39 is 0 Å². The molecule has 1 saturated heterocycles. The third-order valence-electron chi connectivity index (χ3n) is 7.52. The number of hydrogen-bond acceptors (Lipinski definition) is 7. The highest BCUT2D eigenvalue weighted by molar-refractivity contribution is 7.19. The maximum atomic E-state index is 9.51. The minimum Gasteiger partial charge on any atom is -0.490 e. The van der Waals surface area contributed by atoms with Gasteiger partial charge in [0.15, 0.2) is 0 Å². The third-order valence-corrected chi connectivity index (χ3v) is 8.69. The Bertz CT molecular complexity index is 955. The Kier molecular flexibility index (Phi) is 6.16. The summed E-state index contributed by atoms with van der Waals surface area (Å²) in [7, 11) is 0. The number of ether oxygens (including phenoxy) is 2. The van der Waals surface area contributed by atoms with Crippen molar-refractivity contribution < 1.29 is 14.6 Å². The zero-order chi connectivity index (χ0) is 21.3. The molecule has 3 heterocycles. The zero-order valence-corrected chi connectivity index (χ0v) is 18.8. The summed E-state index contributed by atoms with van der Waals surface area (Å²) in [4.78, 5) is 9.60. The van der Waals surface area contributed by atoms with E-state index >= 15 is 0 Å². The van der Waals surface area contributed by atoms with Crippen molar-refractivity contribution in [1.82, 2.24) is 9.88 Å². The van der Waals surface area contributed by atoms with E-state index in [9.17, 15) is 10.4 Å². The lowest BCUT2D eigenvalue weighted by Crippen LogP contribution is -2.55. The molecule has 1 aliphatic heterocycles. The Morgan fingerprint density at radius 2 is 2.10 bits per heavy atom. The molecule has 1 N–H and O–H groups in total. The number of rotatable bonds is 6. The van der Waals surface area contributed by atoms with Gasteiger partial charge in [0.05, 0.1) is 37.2 Å². The highest BCUT2D eigenvalue weighted by Gasteiger charge is 2.41. The van der Waals surface area contributed by atoms with Crippen molar-refractivity contribution in [3.8, 4) is 11.8 Å². The third kappa shape index (κ3) is 3.95. The van der Waals surface area contributed by atoms with Gasteiger partial charge in [0.25, 0.3) is 0 Å². The molecule has 0 spiro atoms. The molecule has 0 unspecified atom stereocenters. The summed E-state index contributed by atoms with van der Waals surface area (Å²) in [6.07, 6.45) is 9.55. The van der Waals surface area contributed by atoms with Crippen molar-refractivity contribution in [3.05, 3.63) is 22.7 Å². The molecule has 7 heteroatoms. The molecule has 2 aromatic heterocycles. The maximum Gasteiger partial charge on any atom is 0.131 e. The first-order chi connectivity index (χ1) is 15.2. The summed E-state index contributed by atoms with van der Waals surface area (Å²) in [5.74, 6) is 1.37. The number of hydrogen-bond donors (Lipinski definition) is 1. The topological polar surface area (TPSA) is 78.6 Å². The Morgan fingerprint density at radius 1 is 1.29 bits per heavy atom. The smallest absolute Gasteiger partial charge is 0.131 e. The summed E-state index contributed by atoms with van der Waals surface area (Å²) in [5, 5.41) is 20.2. The quantitative estimate of drug-likeness (QED) is 0.730. The molecule has 6 nitrogen and oxygen atoms in total. The SMILES string of the molecule is N#CC[C@]1(N2CCOCC2)CC[C@H](Oc2ccnc3sc4c(c23)[C@@H](CCO)CC4)CC1. The van der Waals surface area contributed by atoms with Crippen LogP contribution in [0.5, 0.6) is 5.75 Å². The van der Waals surface area contributed by atoms with E-state index in [1.54, 1.807) is 11.3 Å². The fourth-order valence-electron chi connectivity index (χ4n) is 5.89. The maximum absolute atomic E-state index is 9.51. The number of aromatic nitrogens is 1. The van der Waals surface area contributed by atoms with Gasteiger partial charge in [0.2, 0.25) is 0 Å². The summed E-state index contributed by atoms with van der Waals surface area (Å²) in [6, 6.07) is 4.47. The molecular weight excluding hydrogens is 410 g/mol. The lowest BCUT2D eigenvalue weighted by atomic mass is 9.76. The van der Waals surface area contributed by atoms with Gasteiger partial charge in [-0.2, -0.15) is 5.26 Å². The highest BCUT2D eigenvalue weighted by Crippen LogP contribution is 2.48. The zero-order valence-electron chi connectivity index (χ0n) is 18.0. The van der Waals surface area contributed by atoms with Gasteiger partial charge in [-0.25, -0.2) is 4.98 Å². The lowest BCUT2D eigenvalue weighted by molar-refractivity contribution is -0.0475. The molecule has 0 aromatic carbocycles. The second-order valence-electron chi connectivity index (χ2n) is 9.15. The van der Waals surface area contributed by atoms with Crippen LogP contribution in [-0.2, 0) is 11.2 Å². The molecular formula is C24H31N3O3S. The Hall–Kier alpha value is -1.72. The Morgan fingerprint density at radius 3 is 2.84 bits per heavy atom. The monoisotopic (exact) mass is 441 g/mol. The molecule has 3 aliphatic rings. The molecule has 1 saturated carbocycles. The van der Waals surface area contributed by atoms with E-state index in [2.05, 4.69) is 16.0 Å². The minimum atomic E-state index is -0.0260. The molecule has 2 fully saturated rings. The van der Waals surface area contributed by atoms with E-state index in [-0.39, 0.29) is 18.2 Å². The van der Waals surface area contributed by atoms with Gasteiger partial charge in [0.1, 0.15) is 10.6 Å². The predicted octanol–water partition coefficient (Wildman–Crippen LogP) is 4.01. The van der Waals surface area contributed by atoms with Crippen LogP contribution in [0.15, 0.2) is 12.3 Å². The van der Waals surface area contributed by atoms with Gasteiger partial charge >= 0.3 is 0 Å². The van der Waals surface area contributed by atoms with Crippen LogP contribution in [0, 0.1) is 11.3 Å². The molecule has 2 aliphatic carbocycles. The van der Waals surface area contributed by atoms with Gasteiger partial charge in [-0.05, 0) is 62.5 Å². The second-order valence-corrected chi connectivity index (χ2v) is 10.2. The largest absolute Gasteiger partial charge is 0.490 e. The minimum absolute atomic E-state index is 0.0260. The van der Waals surface area contributed by atoms with Gasteiger partial charge in [-0.1, -0.05) is 0 Å². The van der Waals surface area contributed by atoms with Gasteiger partial charge in [-0.15, -0.1) is 11.3 Å². The fourth-order valence-corrected chi connectivity index (χ4v) is 7.15. The van der Waals surface area contributed by atoms with Crippen molar-refractivity contribution in [2.75, 3.05) is 32.9 Å². The van der Waals surface area contributed by atoms with Crippen LogP contribution in [0.4, 0.5) is 0 Å². The van der Waals surface area contributed by atoms with Crippen molar-refractivity contribution in [1.29, 1.82) is 5.26 Å². The number of aliphatic hydroxyl groups excluding tert-OH is 1. The van der Waals surface area contributed by atoms with Crippen molar-refractivity contribution in [2.24, 2.45) is 0 Å². The number of pyridine rings is 1. The molecule has 166 valence electrons. The number of aliphatic hydroxyl groups is 1. The van der Waals surface area contributed by atoms with E-state index in [0.717, 1.165) is 81.8 Å². The summed E-state index contributed by atoms with van der Waals surface area (Å²) >= 11 is 1.79. The first-order valence-electron chi connectivity index (χ1n) is 11.6. The number of aryl methyl sites for hydroxylation is 1. The Balaban J connectivity index is 1.34. The van der Waals surface area contributed by atoms with Crippen LogP contribution in [0.2, 0.25) is 0 Å². The van der Waals surface area contributed by atoms with Gasteiger partial charge in [-0.3, -0.25) is 4.90 Å². The van der Waals surface area contributed by atoms with Crippen LogP contribution in [-0.4, -0.2) is 59.5 Å². The molecule has 0 amide bonds.